The number of halogens is 4. The third-order valence-corrected chi connectivity index (χ3v) is 2.71. The van der Waals surface area contributed by atoms with Crippen LogP contribution in [0.3, 0.4) is 0 Å². The fourth-order valence-corrected chi connectivity index (χ4v) is 1.91. The summed E-state index contributed by atoms with van der Waals surface area (Å²) in [5.41, 5.74) is 1.22. The summed E-state index contributed by atoms with van der Waals surface area (Å²) >= 11 is 5.99. The van der Waals surface area contributed by atoms with Gasteiger partial charge in [-0.25, -0.2) is 0 Å². The van der Waals surface area contributed by atoms with E-state index in [2.05, 4.69) is 9.72 Å². The summed E-state index contributed by atoms with van der Waals surface area (Å²) in [4.78, 5) is 4.03. The van der Waals surface area contributed by atoms with Crippen LogP contribution in [0.2, 0.25) is 5.02 Å². The van der Waals surface area contributed by atoms with Crippen LogP contribution in [-0.4, -0.2) is 16.5 Å². The van der Waals surface area contributed by atoms with E-state index in [1.807, 2.05) is 0 Å². The van der Waals surface area contributed by atoms with Gasteiger partial charge in [-0.1, -0.05) is 23.7 Å². The van der Waals surface area contributed by atoms with E-state index >= 15 is 0 Å². The minimum atomic E-state index is -4.75. The predicted molar refractivity (Wildman–Crippen MR) is 67.3 cm³/mol. The quantitative estimate of drug-likeness (QED) is 0.938. The lowest BCUT2D eigenvalue weighted by atomic mass is 10.1. The molecule has 0 saturated carbocycles. The molecule has 0 aliphatic rings. The van der Waals surface area contributed by atoms with Crippen LogP contribution in [-0.2, 0) is 6.61 Å². The predicted octanol–water partition coefficient (Wildman–Crippen LogP) is 3.79. The Kier molecular flexibility index (Phi) is 4.15. The van der Waals surface area contributed by atoms with Crippen LogP contribution in [0.15, 0.2) is 36.5 Å². The fourth-order valence-electron chi connectivity index (χ4n) is 1.62. The Morgan fingerprint density at radius 1 is 1.25 bits per heavy atom. The van der Waals surface area contributed by atoms with Crippen molar-refractivity contribution in [3.8, 4) is 17.0 Å². The first-order valence-electron chi connectivity index (χ1n) is 5.50. The number of aliphatic hydroxyl groups excluding tert-OH is 1. The van der Waals surface area contributed by atoms with Crippen LogP contribution in [0, 0.1) is 0 Å². The number of nitrogens with zero attached hydrogens (tertiary/aromatic N) is 1. The number of rotatable bonds is 3. The van der Waals surface area contributed by atoms with Gasteiger partial charge in [0.05, 0.1) is 17.3 Å². The van der Waals surface area contributed by atoms with Gasteiger partial charge in [-0.2, -0.15) is 0 Å². The second-order valence-electron chi connectivity index (χ2n) is 3.91. The molecule has 0 fully saturated rings. The number of aliphatic hydroxyl groups is 1. The summed E-state index contributed by atoms with van der Waals surface area (Å²) in [6, 6.07) is 6.86. The smallest absolute Gasteiger partial charge is 0.406 e. The van der Waals surface area contributed by atoms with Gasteiger partial charge in [0.25, 0.3) is 0 Å². The molecule has 2 rings (SSSR count). The molecule has 0 bridgehead atoms. The summed E-state index contributed by atoms with van der Waals surface area (Å²) in [6.45, 7) is -0.218. The van der Waals surface area contributed by atoms with Crippen molar-refractivity contribution in [3.63, 3.8) is 0 Å². The van der Waals surface area contributed by atoms with Crippen molar-refractivity contribution in [2.75, 3.05) is 0 Å². The zero-order chi connectivity index (χ0) is 14.8. The van der Waals surface area contributed by atoms with Crippen molar-refractivity contribution in [3.05, 3.63) is 47.1 Å². The number of pyridine rings is 1. The second kappa shape index (κ2) is 5.68. The highest BCUT2D eigenvalue weighted by molar-refractivity contribution is 6.33. The van der Waals surface area contributed by atoms with E-state index in [-0.39, 0.29) is 17.4 Å². The molecule has 1 heterocycles. The maximum atomic E-state index is 12.2. The molecule has 20 heavy (non-hydrogen) atoms. The zero-order valence-electron chi connectivity index (χ0n) is 9.99. The molecule has 0 unspecified atom stereocenters. The van der Waals surface area contributed by atoms with Gasteiger partial charge in [-0.3, -0.25) is 4.98 Å². The van der Waals surface area contributed by atoms with Crippen LogP contribution in [0.4, 0.5) is 13.2 Å². The Balaban J connectivity index is 2.36. The van der Waals surface area contributed by atoms with Gasteiger partial charge >= 0.3 is 6.36 Å². The van der Waals surface area contributed by atoms with Crippen molar-refractivity contribution in [1.82, 2.24) is 4.98 Å². The molecule has 0 amide bonds. The van der Waals surface area contributed by atoms with E-state index < -0.39 is 6.36 Å². The molecule has 0 atom stereocenters. The monoisotopic (exact) mass is 303 g/mol. The Hall–Kier alpha value is -1.79. The first kappa shape index (κ1) is 14.6. The average Bonchev–Trinajstić information content (AvgIpc) is 2.36. The minimum Gasteiger partial charge on any atom is -0.406 e. The van der Waals surface area contributed by atoms with Crippen LogP contribution < -0.4 is 4.74 Å². The molecule has 7 heteroatoms. The summed E-state index contributed by atoms with van der Waals surface area (Å²) in [6.07, 6.45) is -3.35. The standard InChI is InChI=1S/C13H9ClF3NO2/c14-11-4-8(7-19)6-18-12(11)9-2-1-3-10(5-9)20-13(15,16)17/h1-6,19H,7H2. The number of benzene rings is 1. The zero-order valence-corrected chi connectivity index (χ0v) is 10.7. The third-order valence-electron chi connectivity index (χ3n) is 2.42. The summed E-state index contributed by atoms with van der Waals surface area (Å²) in [7, 11) is 0. The first-order valence-corrected chi connectivity index (χ1v) is 5.88. The van der Waals surface area contributed by atoms with Gasteiger partial charge in [0.15, 0.2) is 0 Å². The van der Waals surface area contributed by atoms with Crippen molar-refractivity contribution in [1.29, 1.82) is 0 Å². The fraction of sp³-hybridized carbons (Fsp3) is 0.154. The highest BCUT2D eigenvalue weighted by atomic mass is 35.5. The van der Waals surface area contributed by atoms with E-state index in [4.69, 9.17) is 16.7 Å². The van der Waals surface area contributed by atoms with E-state index in [0.29, 0.717) is 16.8 Å². The van der Waals surface area contributed by atoms with Gasteiger partial charge in [0.2, 0.25) is 0 Å². The molecule has 3 nitrogen and oxygen atoms in total. The summed E-state index contributed by atoms with van der Waals surface area (Å²) in [5, 5.41) is 9.19. The molecule has 0 radical (unpaired) electrons. The van der Waals surface area contributed by atoms with Crippen molar-refractivity contribution in [2.24, 2.45) is 0 Å². The Labute approximate surface area is 117 Å². The normalized spacial score (nSPS) is 11.4. The molecule has 0 aliphatic heterocycles. The number of ether oxygens (including phenoxy) is 1. The minimum absolute atomic E-state index is 0.218. The van der Waals surface area contributed by atoms with Crippen molar-refractivity contribution >= 4 is 11.6 Å². The first-order chi connectivity index (χ1) is 9.39. The Morgan fingerprint density at radius 3 is 2.60 bits per heavy atom. The molecule has 1 N–H and O–H groups in total. The lowest BCUT2D eigenvalue weighted by Gasteiger charge is -2.10. The summed E-state index contributed by atoms with van der Waals surface area (Å²) < 4.78 is 40.3. The molecule has 1 aromatic carbocycles. The molecule has 0 saturated heterocycles. The molecule has 0 aliphatic carbocycles. The highest BCUT2D eigenvalue weighted by Gasteiger charge is 2.31. The molecule has 106 valence electrons. The molecule has 2 aromatic rings. The van der Waals surface area contributed by atoms with Gasteiger partial charge < -0.3 is 9.84 Å². The molecule has 0 spiro atoms. The third kappa shape index (κ3) is 3.61. The van der Waals surface area contributed by atoms with Gasteiger partial charge in [-0.15, -0.1) is 13.2 Å². The maximum absolute atomic E-state index is 12.2. The Bertz CT molecular complexity index is 617. The number of aromatic nitrogens is 1. The summed E-state index contributed by atoms with van der Waals surface area (Å²) in [5.74, 6) is -0.348. The lowest BCUT2D eigenvalue weighted by molar-refractivity contribution is -0.274. The van der Waals surface area contributed by atoms with E-state index in [1.165, 1.54) is 30.5 Å². The van der Waals surface area contributed by atoms with E-state index in [0.717, 1.165) is 0 Å². The lowest BCUT2D eigenvalue weighted by Crippen LogP contribution is -2.17. The number of hydrogen-bond donors (Lipinski definition) is 1. The van der Waals surface area contributed by atoms with Crippen LogP contribution in [0.1, 0.15) is 5.56 Å². The largest absolute Gasteiger partial charge is 0.573 e. The van der Waals surface area contributed by atoms with Crippen molar-refractivity contribution in [2.45, 2.75) is 13.0 Å². The van der Waals surface area contributed by atoms with Gasteiger partial charge in [0.1, 0.15) is 5.75 Å². The topological polar surface area (TPSA) is 42.4 Å². The molecule has 1 aromatic heterocycles. The van der Waals surface area contributed by atoms with Crippen LogP contribution in [0.25, 0.3) is 11.3 Å². The SMILES string of the molecule is OCc1cnc(-c2cccc(OC(F)(F)F)c2)c(Cl)c1. The van der Waals surface area contributed by atoms with Crippen LogP contribution >= 0.6 is 11.6 Å². The van der Waals surface area contributed by atoms with Gasteiger partial charge in [-0.05, 0) is 23.8 Å². The highest BCUT2D eigenvalue weighted by Crippen LogP contribution is 2.30. The number of hydrogen-bond acceptors (Lipinski definition) is 3. The number of alkyl halides is 3. The van der Waals surface area contributed by atoms with Crippen molar-refractivity contribution < 1.29 is 23.0 Å². The average molecular weight is 304 g/mol. The molecular weight excluding hydrogens is 295 g/mol. The second-order valence-corrected chi connectivity index (χ2v) is 4.31. The van der Waals surface area contributed by atoms with E-state index in [1.54, 1.807) is 6.07 Å². The maximum Gasteiger partial charge on any atom is 0.573 e. The Morgan fingerprint density at radius 2 is 2.00 bits per heavy atom. The van der Waals surface area contributed by atoms with Gasteiger partial charge in [0, 0.05) is 11.8 Å². The molecular formula is C13H9ClF3NO2. The van der Waals surface area contributed by atoms with Crippen LogP contribution in [0.5, 0.6) is 5.75 Å². The van der Waals surface area contributed by atoms with E-state index in [9.17, 15) is 13.2 Å².